The van der Waals surface area contributed by atoms with E-state index in [0.29, 0.717) is 17.7 Å². The van der Waals surface area contributed by atoms with Crippen molar-refractivity contribution in [1.82, 2.24) is 9.97 Å². The van der Waals surface area contributed by atoms with E-state index >= 15 is 0 Å². The van der Waals surface area contributed by atoms with E-state index in [1.165, 1.54) is 6.42 Å². The van der Waals surface area contributed by atoms with E-state index in [9.17, 15) is 5.11 Å². The molecule has 100 valence electrons. The van der Waals surface area contributed by atoms with E-state index < -0.39 is 0 Å². The SMILES string of the molecule is Cc1cc(CO)nc(N(CCCO)C2CCC2)n1. The van der Waals surface area contributed by atoms with Crippen molar-refractivity contribution in [3.8, 4) is 0 Å². The smallest absolute Gasteiger partial charge is 0.226 e. The maximum Gasteiger partial charge on any atom is 0.226 e. The Kier molecular flexibility index (Phi) is 4.49. The van der Waals surface area contributed by atoms with Gasteiger partial charge in [0.05, 0.1) is 12.3 Å². The average Bonchev–Trinajstić information content (AvgIpc) is 2.31. The van der Waals surface area contributed by atoms with Gasteiger partial charge in [0.25, 0.3) is 0 Å². The molecule has 5 heteroatoms. The molecule has 1 saturated carbocycles. The van der Waals surface area contributed by atoms with Crippen LogP contribution in [0.4, 0.5) is 5.95 Å². The molecule has 1 aliphatic carbocycles. The van der Waals surface area contributed by atoms with Crippen molar-refractivity contribution >= 4 is 5.95 Å². The van der Waals surface area contributed by atoms with Gasteiger partial charge in [-0.25, -0.2) is 9.97 Å². The molecule has 1 aromatic heterocycles. The Morgan fingerprint density at radius 1 is 1.33 bits per heavy atom. The van der Waals surface area contributed by atoms with E-state index in [1.807, 2.05) is 6.92 Å². The lowest BCUT2D eigenvalue weighted by Crippen LogP contribution is -2.42. The summed E-state index contributed by atoms with van der Waals surface area (Å²) in [5.41, 5.74) is 1.53. The minimum atomic E-state index is -0.0606. The average molecular weight is 251 g/mol. The van der Waals surface area contributed by atoms with Crippen LogP contribution in [0, 0.1) is 6.92 Å². The van der Waals surface area contributed by atoms with Gasteiger partial charge in [-0.15, -0.1) is 0 Å². The first-order valence-corrected chi connectivity index (χ1v) is 6.57. The predicted molar refractivity (Wildman–Crippen MR) is 69.4 cm³/mol. The van der Waals surface area contributed by atoms with Crippen molar-refractivity contribution in [3.05, 3.63) is 17.5 Å². The van der Waals surface area contributed by atoms with Gasteiger partial charge >= 0.3 is 0 Å². The highest BCUT2D eigenvalue weighted by molar-refractivity contribution is 5.34. The molecule has 2 rings (SSSR count). The van der Waals surface area contributed by atoms with Gasteiger partial charge in [-0.1, -0.05) is 0 Å². The fourth-order valence-electron chi connectivity index (χ4n) is 2.21. The lowest BCUT2D eigenvalue weighted by atomic mass is 9.91. The number of hydrogen-bond donors (Lipinski definition) is 2. The summed E-state index contributed by atoms with van der Waals surface area (Å²) in [6.45, 7) is 2.81. The summed E-state index contributed by atoms with van der Waals surface area (Å²) in [5, 5.41) is 18.2. The highest BCUT2D eigenvalue weighted by Gasteiger charge is 2.26. The third kappa shape index (κ3) is 2.97. The summed E-state index contributed by atoms with van der Waals surface area (Å²) in [7, 11) is 0. The van der Waals surface area contributed by atoms with E-state index in [0.717, 1.165) is 31.5 Å². The van der Waals surface area contributed by atoms with Crippen LogP contribution in [0.1, 0.15) is 37.1 Å². The fraction of sp³-hybridized carbons (Fsp3) is 0.692. The number of aromatic nitrogens is 2. The Morgan fingerprint density at radius 3 is 2.67 bits per heavy atom. The Bertz CT molecular complexity index is 394. The summed E-state index contributed by atoms with van der Waals surface area (Å²) in [6, 6.07) is 2.29. The second-order valence-corrected chi connectivity index (χ2v) is 4.81. The summed E-state index contributed by atoms with van der Waals surface area (Å²) >= 11 is 0. The number of anilines is 1. The minimum Gasteiger partial charge on any atom is -0.396 e. The number of rotatable bonds is 6. The normalized spacial score (nSPS) is 15.5. The molecule has 5 nitrogen and oxygen atoms in total. The number of aliphatic hydroxyl groups excluding tert-OH is 2. The second kappa shape index (κ2) is 6.11. The van der Waals surface area contributed by atoms with Crippen LogP contribution in [0.2, 0.25) is 0 Å². The highest BCUT2D eigenvalue weighted by atomic mass is 16.3. The summed E-state index contributed by atoms with van der Waals surface area (Å²) in [4.78, 5) is 11.0. The lowest BCUT2D eigenvalue weighted by Gasteiger charge is -2.37. The summed E-state index contributed by atoms with van der Waals surface area (Å²) < 4.78 is 0. The standard InChI is InChI=1S/C13H21N3O2/c1-10-8-11(9-18)15-13(14-10)16(6-3-7-17)12-4-2-5-12/h8,12,17-18H,2-7,9H2,1H3. The van der Waals surface area contributed by atoms with Crippen LogP contribution >= 0.6 is 0 Å². The zero-order chi connectivity index (χ0) is 13.0. The quantitative estimate of drug-likeness (QED) is 0.790. The van der Waals surface area contributed by atoms with Gasteiger partial charge in [-0.2, -0.15) is 0 Å². The molecule has 0 bridgehead atoms. The van der Waals surface area contributed by atoms with Crippen molar-refractivity contribution in [1.29, 1.82) is 0 Å². The lowest BCUT2D eigenvalue weighted by molar-refractivity contribution is 0.274. The van der Waals surface area contributed by atoms with Gasteiger partial charge in [-0.05, 0) is 38.7 Å². The second-order valence-electron chi connectivity index (χ2n) is 4.81. The number of hydrogen-bond acceptors (Lipinski definition) is 5. The first-order chi connectivity index (χ1) is 8.74. The molecule has 18 heavy (non-hydrogen) atoms. The Morgan fingerprint density at radius 2 is 2.11 bits per heavy atom. The Balaban J connectivity index is 2.19. The van der Waals surface area contributed by atoms with Crippen molar-refractivity contribution in [2.24, 2.45) is 0 Å². The molecule has 0 spiro atoms. The van der Waals surface area contributed by atoms with Gasteiger partial charge < -0.3 is 15.1 Å². The van der Waals surface area contributed by atoms with Gasteiger partial charge in [-0.3, -0.25) is 0 Å². The zero-order valence-electron chi connectivity index (χ0n) is 10.8. The van der Waals surface area contributed by atoms with Crippen molar-refractivity contribution in [2.75, 3.05) is 18.1 Å². The molecule has 0 unspecified atom stereocenters. The highest BCUT2D eigenvalue weighted by Crippen LogP contribution is 2.28. The van der Waals surface area contributed by atoms with E-state index in [1.54, 1.807) is 6.07 Å². The summed E-state index contributed by atoms with van der Waals surface area (Å²) in [5.74, 6) is 0.692. The van der Waals surface area contributed by atoms with Crippen LogP contribution in [0.25, 0.3) is 0 Å². The molecule has 0 aromatic carbocycles. The summed E-state index contributed by atoms with van der Waals surface area (Å²) in [6.07, 6.45) is 4.30. The molecule has 0 amide bonds. The van der Waals surface area contributed by atoms with E-state index in [2.05, 4.69) is 14.9 Å². The molecule has 2 N–H and O–H groups in total. The molecule has 0 atom stereocenters. The fourth-order valence-corrected chi connectivity index (χ4v) is 2.21. The molecule has 1 aromatic rings. The third-order valence-corrected chi connectivity index (χ3v) is 3.39. The van der Waals surface area contributed by atoms with Crippen LogP contribution < -0.4 is 4.90 Å². The molecule has 0 aliphatic heterocycles. The number of aryl methyl sites for hydroxylation is 1. The maximum absolute atomic E-state index is 9.21. The van der Waals surface area contributed by atoms with Gasteiger partial charge in [0.1, 0.15) is 0 Å². The molecule has 1 aliphatic rings. The third-order valence-electron chi connectivity index (χ3n) is 3.39. The molecule has 0 saturated heterocycles. The number of aliphatic hydroxyl groups is 2. The van der Waals surface area contributed by atoms with E-state index in [-0.39, 0.29) is 13.2 Å². The first kappa shape index (κ1) is 13.2. The number of nitrogens with zero attached hydrogens (tertiary/aromatic N) is 3. The predicted octanol–water partition coefficient (Wildman–Crippen LogP) is 1.02. The molecular weight excluding hydrogens is 230 g/mol. The van der Waals surface area contributed by atoms with Crippen LogP contribution in [0.3, 0.4) is 0 Å². The molecular formula is C13H21N3O2. The first-order valence-electron chi connectivity index (χ1n) is 6.57. The van der Waals surface area contributed by atoms with Crippen LogP contribution in [-0.4, -0.2) is 39.4 Å². The van der Waals surface area contributed by atoms with Crippen LogP contribution in [0.5, 0.6) is 0 Å². The molecule has 1 fully saturated rings. The largest absolute Gasteiger partial charge is 0.396 e. The molecule has 1 heterocycles. The van der Waals surface area contributed by atoms with Crippen LogP contribution in [0.15, 0.2) is 6.07 Å². The van der Waals surface area contributed by atoms with Gasteiger partial charge in [0.15, 0.2) is 0 Å². The Labute approximate surface area is 107 Å². The Hall–Kier alpha value is -1.20. The van der Waals surface area contributed by atoms with Gasteiger partial charge in [0.2, 0.25) is 5.95 Å². The van der Waals surface area contributed by atoms with Crippen molar-refractivity contribution < 1.29 is 10.2 Å². The zero-order valence-corrected chi connectivity index (χ0v) is 10.8. The van der Waals surface area contributed by atoms with E-state index in [4.69, 9.17) is 5.11 Å². The minimum absolute atomic E-state index is 0.0606. The monoisotopic (exact) mass is 251 g/mol. The molecule has 0 radical (unpaired) electrons. The topological polar surface area (TPSA) is 69.5 Å². The van der Waals surface area contributed by atoms with Gasteiger partial charge in [0, 0.05) is 24.9 Å². The van der Waals surface area contributed by atoms with Crippen molar-refractivity contribution in [2.45, 2.75) is 45.3 Å². The van der Waals surface area contributed by atoms with Crippen LogP contribution in [-0.2, 0) is 6.61 Å². The maximum atomic E-state index is 9.21. The van der Waals surface area contributed by atoms with Crippen molar-refractivity contribution in [3.63, 3.8) is 0 Å².